The highest BCUT2D eigenvalue weighted by Crippen LogP contribution is 2.42. The number of nitrogens with zero attached hydrogens (tertiary/aromatic N) is 1. The molecule has 0 aliphatic carbocycles. The summed E-state index contributed by atoms with van der Waals surface area (Å²) < 4.78 is 11.3. The molecule has 0 radical (unpaired) electrons. The third-order valence-electron chi connectivity index (χ3n) is 3.57. The van der Waals surface area contributed by atoms with E-state index in [0.29, 0.717) is 11.6 Å². The Morgan fingerprint density at radius 3 is 2.26 bits per heavy atom. The Bertz CT molecular complexity index is 680. The molecule has 2 rings (SSSR count). The van der Waals surface area contributed by atoms with Gasteiger partial charge in [0, 0.05) is 12.3 Å². The molecule has 0 fully saturated rings. The third kappa shape index (κ3) is 3.12. The molecule has 0 atom stereocenters. The summed E-state index contributed by atoms with van der Waals surface area (Å²) in [4.78, 5) is 36.8. The summed E-state index contributed by atoms with van der Waals surface area (Å²) >= 11 is 7.12. The third-order valence-corrected chi connectivity index (χ3v) is 5.43. The molecule has 1 aromatic heterocycles. The van der Waals surface area contributed by atoms with Gasteiger partial charge in [0.25, 0.3) is 0 Å². The lowest BCUT2D eigenvalue weighted by molar-refractivity contribution is 0.0552. The summed E-state index contributed by atoms with van der Waals surface area (Å²) in [6.07, 6.45) is 0. The van der Waals surface area contributed by atoms with Crippen molar-refractivity contribution in [2.75, 3.05) is 25.9 Å². The Labute approximate surface area is 143 Å². The van der Waals surface area contributed by atoms with Crippen LogP contribution in [0, 0.1) is 5.41 Å². The molecule has 1 aromatic rings. The largest absolute Gasteiger partial charge is 0.465 e. The van der Waals surface area contributed by atoms with E-state index in [4.69, 9.17) is 21.1 Å². The number of Topliss-reactive ketones (excluding diaryl/α,β-unsaturated/α-hetero) is 1. The monoisotopic (exact) mass is 359 g/mol. The second kappa shape index (κ2) is 6.57. The zero-order valence-corrected chi connectivity index (χ0v) is 15.0. The van der Waals surface area contributed by atoms with Crippen molar-refractivity contribution >= 4 is 41.1 Å². The van der Waals surface area contributed by atoms with Crippen LogP contribution in [0.2, 0.25) is 0 Å². The smallest absolute Gasteiger partial charge is 0.341 e. The van der Waals surface area contributed by atoms with Crippen molar-refractivity contribution in [3.05, 3.63) is 16.8 Å². The Balaban J connectivity index is 2.82. The van der Waals surface area contributed by atoms with E-state index in [9.17, 15) is 14.4 Å². The zero-order chi connectivity index (χ0) is 17.4. The van der Waals surface area contributed by atoms with Crippen molar-refractivity contribution < 1.29 is 23.9 Å². The number of fused-ring (bicyclic) bond motifs is 1. The predicted octanol–water partition coefficient (Wildman–Crippen LogP) is 2.61. The number of thioether (sulfide) groups is 1. The number of carbonyl (C=O) groups excluding carboxylic acids is 3. The van der Waals surface area contributed by atoms with Crippen molar-refractivity contribution in [2.24, 2.45) is 5.41 Å². The van der Waals surface area contributed by atoms with Crippen LogP contribution in [0.5, 0.6) is 0 Å². The number of hydrogen-bond acceptors (Lipinski definition) is 6. The first-order chi connectivity index (χ1) is 10.8. The minimum Gasteiger partial charge on any atom is -0.465 e. The number of halogens is 1. The SMILES string of the molecule is COC(=O)c1c(C(=O)OC)c(C(=O)CCl)n2c1SCC(C)(C)C2. The van der Waals surface area contributed by atoms with Gasteiger partial charge in [-0.1, -0.05) is 13.8 Å². The van der Waals surface area contributed by atoms with Crippen LogP contribution in [-0.4, -0.2) is 48.1 Å². The number of esters is 2. The number of carbonyl (C=O) groups is 3. The summed E-state index contributed by atoms with van der Waals surface area (Å²) in [6.45, 7) is 4.59. The summed E-state index contributed by atoms with van der Waals surface area (Å²) in [6, 6.07) is 0. The van der Waals surface area contributed by atoms with E-state index >= 15 is 0 Å². The van der Waals surface area contributed by atoms with E-state index in [1.54, 1.807) is 4.57 Å². The Kier molecular flexibility index (Phi) is 5.10. The molecule has 0 aromatic carbocycles. The predicted molar refractivity (Wildman–Crippen MR) is 86.7 cm³/mol. The van der Waals surface area contributed by atoms with Crippen LogP contribution in [0.1, 0.15) is 45.1 Å². The van der Waals surface area contributed by atoms with Gasteiger partial charge in [-0.25, -0.2) is 9.59 Å². The summed E-state index contributed by atoms with van der Waals surface area (Å²) in [7, 11) is 2.43. The fraction of sp³-hybridized carbons (Fsp3) is 0.533. The second-order valence-electron chi connectivity index (χ2n) is 5.98. The lowest BCUT2D eigenvalue weighted by atomic mass is 9.96. The van der Waals surface area contributed by atoms with Gasteiger partial charge in [0.2, 0.25) is 0 Å². The molecule has 0 unspecified atom stereocenters. The van der Waals surface area contributed by atoms with Crippen molar-refractivity contribution in [2.45, 2.75) is 25.4 Å². The van der Waals surface area contributed by atoms with Crippen molar-refractivity contribution in [1.29, 1.82) is 0 Å². The number of rotatable bonds is 4. The molecule has 6 nitrogen and oxygen atoms in total. The van der Waals surface area contributed by atoms with E-state index in [1.165, 1.54) is 26.0 Å². The standard InChI is InChI=1S/C15H18ClNO5S/c1-15(2)6-17-11(8(18)5-16)9(13(19)21-3)10(14(20)22-4)12(17)23-7-15/h5-7H2,1-4H3. The van der Waals surface area contributed by atoms with E-state index < -0.39 is 17.7 Å². The topological polar surface area (TPSA) is 74.6 Å². The van der Waals surface area contributed by atoms with Gasteiger partial charge in [-0.15, -0.1) is 23.4 Å². The van der Waals surface area contributed by atoms with Gasteiger partial charge in [-0.05, 0) is 5.41 Å². The minimum atomic E-state index is -0.751. The molecule has 23 heavy (non-hydrogen) atoms. The second-order valence-corrected chi connectivity index (χ2v) is 7.21. The van der Waals surface area contributed by atoms with Gasteiger partial charge in [-0.2, -0.15) is 0 Å². The molecule has 1 aliphatic rings. The molecule has 8 heteroatoms. The number of ketones is 1. The highest BCUT2D eigenvalue weighted by atomic mass is 35.5. The molecule has 0 saturated carbocycles. The van der Waals surface area contributed by atoms with Crippen molar-refractivity contribution in [3.63, 3.8) is 0 Å². The number of hydrogen-bond donors (Lipinski definition) is 0. The lowest BCUT2D eigenvalue weighted by Crippen LogP contribution is -2.29. The quantitative estimate of drug-likeness (QED) is 0.467. The normalized spacial score (nSPS) is 15.7. The van der Waals surface area contributed by atoms with Gasteiger partial charge in [0.15, 0.2) is 5.78 Å². The Morgan fingerprint density at radius 2 is 1.74 bits per heavy atom. The zero-order valence-electron chi connectivity index (χ0n) is 13.4. The number of methoxy groups -OCH3 is 2. The Hall–Kier alpha value is -1.47. The number of alkyl halides is 1. The summed E-state index contributed by atoms with van der Waals surface area (Å²) in [5.74, 6) is -1.40. The van der Waals surface area contributed by atoms with Crippen LogP contribution in [0.25, 0.3) is 0 Å². The number of ether oxygens (including phenoxy) is 2. The van der Waals surface area contributed by atoms with Crippen LogP contribution in [0.4, 0.5) is 0 Å². The maximum atomic E-state index is 12.3. The summed E-state index contributed by atoms with van der Waals surface area (Å²) in [5.41, 5.74) is 0.0276. The van der Waals surface area contributed by atoms with Crippen LogP contribution in [0.15, 0.2) is 5.03 Å². The van der Waals surface area contributed by atoms with E-state index in [-0.39, 0.29) is 28.1 Å². The maximum Gasteiger partial charge on any atom is 0.341 e. The van der Waals surface area contributed by atoms with Crippen LogP contribution in [-0.2, 0) is 16.0 Å². The van der Waals surface area contributed by atoms with E-state index in [2.05, 4.69) is 0 Å². The van der Waals surface area contributed by atoms with Gasteiger partial charge < -0.3 is 14.0 Å². The van der Waals surface area contributed by atoms with Gasteiger partial charge in [0.05, 0.1) is 25.1 Å². The van der Waals surface area contributed by atoms with Crippen LogP contribution in [0.3, 0.4) is 0 Å². The molecule has 0 saturated heterocycles. The molecule has 0 amide bonds. The number of aromatic nitrogens is 1. The van der Waals surface area contributed by atoms with Gasteiger partial charge in [-0.3, -0.25) is 4.79 Å². The van der Waals surface area contributed by atoms with Crippen LogP contribution < -0.4 is 0 Å². The molecule has 0 N–H and O–H groups in total. The first kappa shape index (κ1) is 17.9. The van der Waals surface area contributed by atoms with Crippen molar-refractivity contribution in [1.82, 2.24) is 4.57 Å². The van der Waals surface area contributed by atoms with Gasteiger partial charge >= 0.3 is 11.9 Å². The highest BCUT2D eigenvalue weighted by molar-refractivity contribution is 7.99. The first-order valence-electron chi connectivity index (χ1n) is 6.92. The first-order valence-corrected chi connectivity index (χ1v) is 8.44. The molecular weight excluding hydrogens is 342 g/mol. The fourth-order valence-electron chi connectivity index (χ4n) is 2.58. The lowest BCUT2D eigenvalue weighted by Gasteiger charge is -2.31. The molecule has 126 valence electrons. The van der Waals surface area contributed by atoms with Crippen molar-refractivity contribution in [3.8, 4) is 0 Å². The average molecular weight is 360 g/mol. The van der Waals surface area contributed by atoms with Gasteiger partial charge in [0.1, 0.15) is 16.8 Å². The minimum absolute atomic E-state index is 0.0646. The molecular formula is C15H18ClNO5S. The fourth-order valence-corrected chi connectivity index (χ4v) is 3.97. The average Bonchev–Trinajstić information content (AvgIpc) is 2.85. The maximum absolute atomic E-state index is 12.3. The highest BCUT2D eigenvalue weighted by Gasteiger charge is 2.39. The summed E-state index contributed by atoms with van der Waals surface area (Å²) in [5, 5.41) is 0.546. The Morgan fingerprint density at radius 1 is 1.17 bits per heavy atom. The van der Waals surface area contributed by atoms with Crippen LogP contribution >= 0.6 is 23.4 Å². The molecule has 0 bridgehead atoms. The molecule has 0 spiro atoms. The van der Waals surface area contributed by atoms with E-state index in [1.807, 2.05) is 13.8 Å². The molecule has 2 heterocycles. The molecule has 1 aliphatic heterocycles. The van der Waals surface area contributed by atoms with E-state index in [0.717, 1.165) is 5.75 Å².